The molecule has 2 aromatic heterocycles. The number of hydrogen-bond acceptors (Lipinski definition) is 6. The molecule has 2 atom stereocenters. The molecule has 172 valence electrons. The van der Waals surface area contributed by atoms with Gasteiger partial charge in [0.05, 0.1) is 17.6 Å². The van der Waals surface area contributed by atoms with Crippen molar-refractivity contribution in [2.45, 2.75) is 38.0 Å². The third-order valence-corrected chi connectivity index (χ3v) is 6.12. The molecule has 2 heterocycles. The maximum atomic E-state index is 13.2. The molecular weight excluding hydrogens is 447 g/mol. The van der Waals surface area contributed by atoms with E-state index >= 15 is 0 Å². The molecular formula is C20H22F3N5O3S. The summed E-state index contributed by atoms with van der Waals surface area (Å²) in [5.41, 5.74) is 0.0957. The predicted molar refractivity (Wildman–Crippen MR) is 112 cm³/mol. The van der Waals surface area contributed by atoms with E-state index in [1.165, 1.54) is 18.5 Å². The Labute approximate surface area is 182 Å². The van der Waals surface area contributed by atoms with E-state index < -0.39 is 22.0 Å². The number of nitrogens with zero attached hydrogens (tertiary/aromatic N) is 3. The third-order valence-electron chi connectivity index (χ3n) is 5.65. The van der Waals surface area contributed by atoms with Crippen LogP contribution in [0, 0.1) is 5.92 Å². The van der Waals surface area contributed by atoms with E-state index in [1.54, 1.807) is 6.07 Å². The van der Waals surface area contributed by atoms with Crippen LogP contribution in [0.3, 0.4) is 0 Å². The topological polar surface area (TPSA) is 112 Å². The van der Waals surface area contributed by atoms with Crippen molar-refractivity contribution in [2.75, 3.05) is 11.9 Å². The van der Waals surface area contributed by atoms with E-state index in [0.29, 0.717) is 23.3 Å². The fraction of sp³-hybridized carbons (Fsp3) is 0.400. The van der Waals surface area contributed by atoms with Crippen molar-refractivity contribution >= 4 is 27.2 Å². The zero-order valence-electron chi connectivity index (χ0n) is 16.9. The van der Waals surface area contributed by atoms with Gasteiger partial charge in [-0.3, -0.25) is 4.18 Å². The molecule has 32 heavy (non-hydrogen) atoms. The summed E-state index contributed by atoms with van der Waals surface area (Å²) in [6.45, 7) is -0.00167. The monoisotopic (exact) mass is 469 g/mol. The molecule has 1 aliphatic carbocycles. The Bertz CT molecular complexity index is 1210. The number of nitrogens with one attached hydrogen (secondary N) is 1. The van der Waals surface area contributed by atoms with Crippen LogP contribution in [0.15, 0.2) is 42.9 Å². The molecule has 0 radical (unpaired) electrons. The highest BCUT2D eigenvalue weighted by molar-refractivity contribution is 7.84. The highest BCUT2D eigenvalue weighted by atomic mass is 32.2. The number of aromatic nitrogens is 3. The Morgan fingerprint density at radius 2 is 1.97 bits per heavy atom. The second-order valence-corrected chi connectivity index (χ2v) is 9.02. The molecule has 0 spiro atoms. The third kappa shape index (κ3) is 5.03. The van der Waals surface area contributed by atoms with Crippen LogP contribution in [0.4, 0.5) is 19.0 Å². The van der Waals surface area contributed by atoms with Crippen molar-refractivity contribution in [3.8, 4) is 0 Å². The summed E-state index contributed by atoms with van der Waals surface area (Å²) in [6.07, 6.45) is 1.09. The van der Waals surface area contributed by atoms with Crippen LogP contribution in [0.25, 0.3) is 11.0 Å². The van der Waals surface area contributed by atoms with Crippen LogP contribution in [0.5, 0.6) is 0 Å². The summed E-state index contributed by atoms with van der Waals surface area (Å²) in [5.74, 6) is 0.493. The molecule has 1 fully saturated rings. The van der Waals surface area contributed by atoms with E-state index in [-0.39, 0.29) is 30.7 Å². The second-order valence-electron chi connectivity index (χ2n) is 7.80. The number of anilines is 1. The molecule has 0 amide bonds. The lowest BCUT2D eigenvalue weighted by Crippen LogP contribution is -2.19. The van der Waals surface area contributed by atoms with Gasteiger partial charge < -0.3 is 9.88 Å². The molecule has 3 N–H and O–H groups in total. The van der Waals surface area contributed by atoms with E-state index in [2.05, 4.69) is 15.3 Å². The molecule has 0 bridgehead atoms. The van der Waals surface area contributed by atoms with Gasteiger partial charge in [0.1, 0.15) is 17.8 Å². The van der Waals surface area contributed by atoms with Crippen LogP contribution in [0.2, 0.25) is 0 Å². The van der Waals surface area contributed by atoms with E-state index in [0.717, 1.165) is 18.9 Å². The largest absolute Gasteiger partial charge is 0.416 e. The van der Waals surface area contributed by atoms with Gasteiger partial charge in [0.25, 0.3) is 0 Å². The number of benzene rings is 1. The fourth-order valence-electron chi connectivity index (χ4n) is 4.18. The minimum atomic E-state index is -4.44. The van der Waals surface area contributed by atoms with Crippen LogP contribution >= 0.6 is 0 Å². The Balaban J connectivity index is 1.50. The number of fused-ring (bicyclic) bond motifs is 1. The van der Waals surface area contributed by atoms with Crippen molar-refractivity contribution < 1.29 is 25.8 Å². The van der Waals surface area contributed by atoms with Crippen molar-refractivity contribution in [3.05, 3.63) is 54.0 Å². The number of hydrogen-bond donors (Lipinski definition) is 2. The van der Waals surface area contributed by atoms with Gasteiger partial charge in [-0.2, -0.15) is 21.6 Å². The first-order valence-corrected chi connectivity index (χ1v) is 11.5. The first-order valence-electron chi connectivity index (χ1n) is 9.99. The minimum absolute atomic E-state index is 0.0366. The van der Waals surface area contributed by atoms with Gasteiger partial charge in [0, 0.05) is 18.8 Å². The Hall–Kier alpha value is -2.70. The second kappa shape index (κ2) is 8.68. The Kier molecular flexibility index (Phi) is 6.10. The molecule has 8 nitrogen and oxygen atoms in total. The van der Waals surface area contributed by atoms with Gasteiger partial charge in [-0.25, -0.2) is 15.1 Å². The smallest absolute Gasteiger partial charge is 0.365 e. The average Bonchev–Trinajstić information content (AvgIpc) is 3.36. The summed E-state index contributed by atoms with van der Waals surface area (Å²) in [6, 6.07) is 7.32. The minimum Gasteiger partial charge on any atom is -0.365 e. The lowest BCUT2D eigenvalue weighted by molar-refractivity contribution is -0.138. The summed E-state index contributed by atoms with van der Waals surface area (Å²) in [5, 5.41) is 8.59. The lowest BCUT2D eigenvalue weighted by atomic mass is 10.1. The van der Waals surface area contributed by atoms with Gasteiger partial charge in [0.2, 0.25) is 0 Å². The average molecular weight is 469 g/mol. The number of alkyl halides is 3. The number of nitrogens with two attached hydrogens (primary N) is 1. The highest BCUT2D eigenvalue weighted by Crippen LogP contribution is 2.37. The standard InChI is InChI=1S/C20H22F3N5O3S/c21-20(22,23)17-4-2-1-3-14(17)10-25-18-16-7-8-28(19(16)27-12-26-18)15-6-5-13(9-15)11-31-32(24,29)30/h1-4,7-8,12-13,15H,5-6,9-11H2,(H2,24,29,30)(H,25,26,27)/t13-,15-/m0/s1. The summed E-state index contributed by atoms with van der Waals surface area (Å²) >= 11 is 0. The van der Waals surface area contributed by atoms with Crippen LogP contribution in [-0.2, 0) is 27.2 Å². The highest BCUT2D eigenvalue weighted by Gasteiger charge is 2.33. The molecule has 1 saturated carbocycles. The SMILES string of the molecule is NS(=O)(=O)OC[C@H]1CC[C@H](n2ccc3c(NCc4ccccc4C(F)(F)F)ncnc32)C1. The molecule has 0 aliphatic heterocycles. The van der Waals surface area contributed by atoms with Gasteiger partial charge in [-0.05, 0) is 42.9 Å². The zero-order valence-corrected chi connectivity index (χ0v) is 17.7. The van der Waals surface area contributed by atoms with E-state index in [1.807, 2.05) is 16.8 Å². The maximum Gasteiger partial charge on any atom is 0.416 e. The first kappa shape index (κ1) is 22.5. The normalized spacial score (nSPS) is 19.5. The molecule has 4 rings (SSSR count). The summed E-state index contributed by atoms with van der Waals surface area (Å²) < 4.78 is 68.5. The number of rotatable bonds is 7. The quantitative estimate of drug-likeness (QED) is 0.547. The summed E-state index contributed by atoms with van der Waals surface area (Å²) in [4.78, 5) is 8.56. The van der Waals surface area contributed by atoms with Crippen molar-refractivity contribution in [1.29, 1.82) is 0 Å². The van der Waals surface area contributed by atoms with E-state index in [4.69, 9.17) is 9.32 Å². The molecule has 3 aromatic rings. The number of halogens is 3. The molecule has 0 unspecified atom stereocenters. The van der Waals surface area contributed by atoms with Crippen LogP contribution in [-0.4, -0.2) is 29.6 Å². The van der Waals surface area contributed by atoms with Gasteiger partial charge in [-0.1, -0.05) is 18.2 Å². The van der Waals surface area contributed by atoms with Crippen molar-refractivity contribution in [3.63, 3.8) is 0 Å². The zero-order chi connectivity index (χ0) is 22.9. The van der Waals surface area contributed by atoms with Gasteiger partial charge >= 0.3 is 16.5 Å². The maximum absolute atomic E-state index is 13.2. The molecule has 0 saturated heterocycles. The fourth-order valence-corrected chi connectivity index (χ4v) is 4.56. The predicted octanol–water partition coefficient (Wildman–Crippen LogP) is 3.62. The van der Waals surface area contributed by atoms with Crippen LogP contribution in [0.1, 0.15) is 36.4 Å². The van der Waals surface area contributed by atoms with Crippen molar-refractivity contribution in [2.24, 2.45) is 11.1 Å². The van der Waals surface area contributed by atoms with E-state index in [9.17, 15) is 21.6 Å². The molecule has 12 heteroatoms. The summed E-state index contributed by atoms with van der Waals surface area (Å²) in [7, 11) is -3.97. The lowest BCUT2D eigenvalue weighted by Gasteiger charge is -2.15. The van der Waals surface area contributed by atoms with Gasteiger partial charge in [-0.15, -0.1) is 0 Å². The van der Waals surface area contributed by atoms with Crippen LogP contribution < -0.4 is 10.5 Å². The Morgan fingerprint density at radius 3 is 2.72 bits per heavy atom. The Morgan fingerprint density at radius 1 is 1.19 bits per heavy atom. The molecule has 1 aliphatic rings. The molecule has 1 aromatic carbocycles. The first-order chi connectivity index (χ1) is 15.1. The van der Waals surface area contributed by atoms with Gasteiger partial charge in [0.15, 0.2) is 0 Å². The van der Waals surface area contributed by atoms with Crippen molar-refractivity contribution in [1.82, 2.24) is 14.5 Å².